The van der Waals surface area contributed by atoms with Crippen LogP contribution in [0.5, 0.6) is 0 Å². The molecule has 0 aromatic heterocycles. The van der Waals surface area contributed by atoms with Crippen LogP contribution in [0.1, 0.15) is 6.42 Å². The fourth-order valence-corrected chi connectivity index (χ4v) is 2.30. The zero-order chi connectivity index (χ0) is 12.2. The second-order valence-corrected chi connectivity index (χ2v) is 4.72. The number of carboxylic acid groups (broad SMARTS) is 1. The lowest BCUT2D eigenvalue weighted by Gasteiger charge is -2.16. The van der Waals surface area contributed by atoms with E-state index in [1.54, 1.807) is 0 Å². The molecule has 0 fully saturated rings. The van der Waals surface area contributed by atoms with Crippen LogP contribution in [0, 0.1) is 5.92 Å². The maximum absolute atomic E-state index is 10.9. The van der Waals surface area contributed by atoms with Crippen LogP contribution in [0.2, 0.25) is 0 Å². The Morgan fingerprint density at radius 1 is 1.47 bits per heavy atom. The summed E-state index contributed by atoms with van der Waals surface area (Å²) in [6.07, 6.45) is 0.985. The third-order valence-corrected chi connectivity index (χ3v) is 3.17. The van der Waals surface area contributed by atoms with Gasteiger partial charge in [0.15, 0.2) is 10.4 Å². The number of carbonyl (C=O) groups excluding carboxylic acids is 1. The Bertz CT molecular complexity index is 371. The average Bonchev–Trinajstić information content (AvgIpc) is 1.99. The van der Waals surface area contributed by atoms with E-state index in [1.165, 1.54) is 6.08 Å². The van der Waals surface area contributed by atoms with Gasteiger partial charge in [0.2, 0.25) is 0 Å². The molecule has 15 heavy (non-hydrogen) atoms. The highest BCUT2D eigenvalue weighted by atomic mass is 32.2. The van der Waals surface area contributed by atoms with Crippen LogP contribution in [0.4, 0.5) is 0 Å². The lowest BCUT2D eigenvalue weighted by molar-refractivity contribution is -0.139. The molecule has 0 saturated heterocycles. The number of carboxylic acids is 1. The zero-order valence-corrected chi connectivity index (χ0v) is 9.24. The smallest absolute Gasteiger partial charge is 0.325 e. The standard InChI is InChI=1S/C7H10O6S2/c1-2-3-4(7(10)14)5(6(8)9)15(11,12)13/h2,4-5H,1,3H2,(H,8,9)(H,10,14)(H,11,12,13). The number of allylic oxidation sites excluding steroid dienone is 1. The van der Waals surface area contributed by atoms with E-state index in [-0.39, 0.29) is 6.42 Å². The Balaban J connectivity index is 5.29. The second-order valence-electron chi connectivity index (χ2n) is 2.74. The molecule has 86 valence electrons. The first-order valence-corrected chi connectivity index (χ1v) is 5.69. The van der Waals surface area contributed by atoms with Crippen molar-refractivity contribution in [3.8, 4) is 0 Å². The van der Waals surface area contributed by atoms with Crippen molar-refractivity contribution in [1.82, 2.24) is 0 Å². The second kappa shape index (κ2) is 5.29. The van der Waals surface area contributed by atoms with E-state index in [0.717, 1.165) is 0 Å². The van der Waals surface area contributed by atoms with Gasteiger partial charge < -0.3 is 5.11 Å². The molecule has 2 atom stereocenters. The molecule has 6 nitrogen and oxygen atoms in total. The summed E-state index contributed by atoms with van der Waals surface area (Å²) in [5.41, 5.74) is 0. The summed E-state index contributed by atoms with van der Waals surface area (Å²) < 4.78 is 30.2. The molecule has 0 aromatic rings. The van der Waals surface area contributed by atoms with Crippen LogP contribution in [0.15, 0.2) is 12.7 Å². The number of rotatable bonds is 6. The first kappa shape index (κ1) is 14.1. The van der Waals surface area contributed by atoms with E-state index < -0.39 is 32.4 Å². The Kier molecular flexibility index (Phi) is 4.98. The van der Waals surface area contributed by atoms with Crippen LogP contribution >= 0.6 is 12.6 Å². The largest absolute Gasteiger partial charge is 0.480 e. The summed E-state index contributed by atoms with van der Waals surface area (Å²) in [6, 6.07) is 0. The van der Waals surface area contributed by atoms with Gasteiger partial charge in [-0.2, -0.15) is 8.42 Å². The van der Waals surface area contributed by atoms with Crippen molar-refractivity contribution < 1.29 is 27.7 Å². The van der Waals surface area contributed by atoms with Crippen molar-refractivity contribution in [3.63, 3.8) is 0 Å². The van der Waals surface area contributed by atoms with Gasteiger partial charge in [-0.05, 0) is 6.42 Å². The lowest BCUT2D eigenvalue weighted by atomic mass is 10.0. The fourth-order valence-electron chi connectivity index (χ4n) is 1.04. The SMILES string of the molecule is C=CCC(C(=O)S)C(C(=O)O)S(=O)(=O)O. The van der Waals surface area contributed by atoms with Crippen LogP contribution < -0.4 is 0 Å². The summed E-state index contributed by atoms with van der Waals surface area (Å²) in [5, 5.41) is 5.46. The molecule has 0 saturated carbocycles. The third-order valence-electron chi connectivity index (χ3n) is 1.67. The molecule has 0 amide bonds. The average molecular weight is 254 g/mol. The molecule has 0 heterocycles. The van der Waals surface area contributed by atoms with E-state index in [0.29, 0.717) is 0 Å². The highest BCUT2D eigenvalue weighted by Gasteiger charge is 2.41. The van der Waals surface area contributed by atoms with E-state index in [4.69, 9.17) is 9.66 Å². The summed E-state index contributed by atoms with van der Waals surface area (Å²) in [4.78, 5) is 21.5. The summed E-state index contributed by atoms with van der Waals surface area (Å²) in [6.45, 7) is 3.25. The van der Waals surface area contributed by atoms with Gasteiger partial charge in [0.1, 0.15) is 0 Å². The highest BCUT2D eigenvalue weighted by Crippen LogP contribution is 2.19. The fraction of sp³-hybridized carbons (Fsp3) is 0.429. The van der Waals surface area contributed by atoms with Crippen LogP contribution in [-0.2, 0) is 19.7 Å². The van der Waals surface area contributed by atoms with E-state index in [1.807, 2.05) is 0 Å². The van der Waals surface area contributed by atoms with Crippen molar-refractivity contribution in [3.05, 3.63) is 12.7 Å². The van der Waals surface area contributed by atoms with Gasteiger partial charge in [-0.15, -0.1) is 19.2 Å². The molecule has 0 aliphatic heterocycles. The predicted octanol–water partition coefficient (Wildman–Crippen LogP) is -0.0239. The van der Waals surface area contributed by atoms with Crippen molar-refractivity contribution in [1.29, 1.82) is 0 Å². The first-order chi connectivity index (χ1) is 6.71. The normalized spacial score (nSPS) is 15.3. The quantitative estimate of drug-likeness (QED) is 0.349. The minimum atomic E-state index is -4.85. The van der Waals surface area contributed by atoms with Crippen molar-refractivity contribution in [2.24, 2.45) is 5.92 Å². The van der Waals surface area contributed by atoms with Crippen LogP contribution in [0.25, 0.3) is 0 Å². The highest BCUT2D eigenvalue weighted by molar-refractivity contribution is 7.96. The number of carbonyl (C=O) groups is 2. The molecule has 0 aromatic carbocycles. The molecular weight excluding hydrogens is 244 g/mol. The molecule has 2 N–H and O–H groups in total. The van der Waals surface area contributed by atoms with Gasteiger partial charge in [0.05, 0.1) is 5.92 Å². The number of thiol groups is 1. The summed E-state index contributed by atoms with van der Waals surface area (Å²) in [7, 11) is -4.85. The van der Waals surface area contributed by atoms with Gasteiger partial charge in [0.25, 0.3) is 10.1 Å². The predicted molar refractivity (Wildman–Crippen MR) is 55.3 cm³/mol. The summed E-state index contributed by atoms with van der Waals surface area (Å²) in [5.74, 6) is -3.25. The van der Waals surface area contributed by atoms with E-state index >= 15 is 0 Å². The number of aliphatic carboxylic acids is 1. The Morgan fingerprint density at radius 2 is 1.93 bits per heavy atom. The van der Waals surface area contributed by atoms with Crippen LogP contribution in [0.3, 0.4) is 0 Å². The zero-order valence-electron chi connectivity index (χ0n) is 7.53. The Hall–Kier alpha value is -0.860. The number of hydrogen-bond donors (Lipinski definition) is 3. The molecule has 0 aliphatic rings. The molecule has 2 unspecified atom stereocenters. The number of hydrogen-bond acceptors (Lipinski definition) is 4. The van der Waals surface area contributed by atoms with Gasteiger partial charge in [-0.3, -0.25) is 14.1 Å². The molecule has 0 radical (unpaired) electrons. The maximum atomic E-state index is 10.9. The molecular formula is C7H10O6S2. The monoisotopic (exact) mass is 254 g/mol. The Morgan fingerprint density at radius 3 is 2.13 bits per heavy atom. The van der Waals surface area contributed by atoms with Crippen molar-refractivity contribution in [2.45, 2.75) is 11.7 Å². The molecule has 0 bridgehead atoms. The molecule has 0 spiro atoms. The molecule has 0 rings (SSSR count). The third kappa shape index (κ3) is 4.02. The van der Waals surface area contributed by atoms with E-state index in [2.05, 4.69) is 19.2 Å². The Labute approximate surface area is 92.1 Å². The van der Waals surface area contributed by atoms with Gasteiger partial charge >= 0.3 is 5.97 Å². The van der Waals surface area contributed by atoms with E-state index in [9.17, 15) is 18.0 Å². The molecule has 0 aliphatic carbocycles. The maximum Gasteiger partial charge on any atom is 0.325 e. The van der Waals surface area contributed by atoms with Crippen molar-refractivity contribution in [2.75, 3.05) is 0 Å². The summed E-state index contributed by atoms with van der Waals surface area (Å²) >= 11 is 3.37. The van der Waals surface area contributed by atoms with Gasteiger partial charge in [-0.25, -0.2) is 0 Å². The van der Waals surface area contributed by atoms with Gasteiger partial charge in [0, 0.05) is 0 Å². The minimum absolute atomic E-state index is 0.195. The van der Waals surface area contributed by atoms with Crippen molar-refractivity contribution >= 4 is 33.8 Å². The lowest BCUT2D eigenvalue weighted by Crippen LogP contribution is -2.39. The topological polar surface area (TPSA) is 109 Å². The van der Waals surface area contributed by atoms with Crippen LogP contribution in [-0.4, -0.2) is 34.4 Å². The minimum Gasteiger partial charge on any atom is -0.480 e. The van der Waals surface area contributed by atoms with Gasteiger partial charge in [-0.1, -0.05) is 6.08 Å². The first-order valence-electron chi connectivity index (χ1n) is 3.74. The molecule has 8 heteroatoms.